The SMILES string of the molecule is CCN(C(C)CC(=O)O)S(=O)(=O)c1cccc(Cl)c1F. The lowest BCUT2D eigenvalue weighted by Gasteiger charge is -2.26. The standard InChI is InChI=1S/C12H15ClFNO4S/c1-3-15(8(2)7-11(16)17)20(18,19)10-6-4-5-9(13)12(10)14/h4-6,8H,3,7H2,1-2H3,(H,16,17). The van der Waals surface area contributed by atoms with Gasteiger partial charge in [-0.05, 0) is 19.1 Å². The van der Waals surface area contributed by atoms with Crippen molar-refractivity contribution in [2.24, 2.45) is 0 Å². The Labute approximate surface area is 122 Å². The van der Waals surface area contributed by atoms with Gasteiger partial charge < -0.3 is 5.11 Å². The van der Waals surface area contributed by atoms with Crippen molar-refractivity contribution in [1.82, 2.24) is 4.31 Å². The number of carboxylic acids is 1. The van der Waals surface area contributed by atoms with E-state index < -0.39 is 32.7 Å². The van der Waals surface area contributed by atoms with Crippen LogP contribution < -0.4 is 0 Å². The number of benzene rings is 1. The van der Waals surface area contributed by atoms with E-state index in [4.69, 9.17) is 16.7 Å². The molecule has 0 saturated heterocycles. The summed E-state index contributed by atoms with van der Waals surface area (Å²) in [5.41, 5.74) is 0. The molecule has 0 heterocycles. The molecule has 0 spiro atoms. The van der Waals surface area contributed by atoms with Crippen molar-refractivity contribution in [2.75, 3.05) is 6.54 Å². The second-order valence-electron chi connectivity index (χ2n) is 4.21. The van der Waals surface area contributed by atoms with Crippen LogP contribution in [0.1, 0.15) is 20.3 Å². The molecule has 0 saturated carbocycles. The van der Waals surface area contributed by atoms with Crippen molar-refractivity contribution in [3.8, 4) is 0 Å². The lowest BCUT2D eigenvalue weighted by atomic mass is 10.2. The van der Waals surface area contributed by atoms with E-state index in [0.717, 1.165) is 10.4 Å². The van der Waals surface area contributed by atoms with E-state index in [-0.39, 0.29) is 18.0 Å². The van der Waals surface area contributed by atoms with E-state index in [1.165, 1.54) is 19.1 Å². The molecule has 0 aliphatic rings. The number of aliphatic carboxylic acids is 1. The minimum Gasteiger partial charge on any atom is -0.481 e. The normalized spacial score (nSPS) is 13.4. The molecule has 0 amide bonds. The molecule has 0 aliphatic carbocycles. The highest BCUT2D eigenvalue weighted by molar-refractivity contribution is 7.89. The number of nitrogens with zero attached hydrogens (tertiary/aromatic N) is 1. The van der Waals surface area contributed by atoms with Crippen molar-refractivity contribution in [1.29, 1.82) is 0 Å². The number of rotatable bonds is 6. The summed E-state index contributed by atoms with van der Waals surface area (Å²) in [7, 11) is -4.14. The summed E-state index contributed by atoms with van der Waals surface area (Å²) < 4.78 is 39.6. The molecule has 1 aromatic rings. The predicted octanol–water partition coefficient (Wildman–Crippen LogP) is 2.35. The van der Waals surface area contributed by atoms with Gasteiger partial charge in [-0.2, -0.15) is 4.31 Å². The zero-order valence-electron chi connectivity index (χ0n) is 11.0. The molecule has 0 radical (unpaired) electrons. The summed E-state index contributed by atoms with van der Waals surface area (Å²) >= 11 is 5.58. The van der Waals surface area contributed by atoms with E-state index in [2.05, 4.69) is 0 Å². The van der Waals surface area contributed by atoms with E-state index >= 15 is 0 Å². The van der Waals surface area contributed by atoms with Crippen molar-refractivity contribution >= 4 is 27.6 Å². The number of sulfonamides is 1. The van der Waals surface area contributed by atoms with Crippen LogP contribution in [0, 0.1) is 5.82 Å². The summed E-state index contributed by atoms with van der Waals surface area (Å²) in [6.07, 6.45) is -0.366. The topological polar surface area (TPSA) is 74.7 Å². The fraction of sp³-hybridized carbons (Fsp3) is 0.417. The predicted molar refractivity (Wildman–Crippen MR) is 72.7 cm³/mol. The number of halogens is 2. The summed E-state index contributed by atoms with van der Waals surface area (Å²) in [6, 6.07) is 2.88. The lowest BCUT2D eigenvalue weighted by Crippen LogP contribution is -2.40. The van der Waals surface area contributed by atoms with Gasteiger partial charge in [-0.1, -0.05) is 24.6 Å². The van der Waals surface area contributed by atoms with Crippen LogP contribution in [-0.2, 0) is 14.8 Å². The van der Waals surface area contributed by atoms with E-state index in [9.17, 15) is 17.6 Å². The molecular weight excluding hydrogens is 309 g/mol. The van der Waals surface area contributed by atoms with Gasteiger partial charge >= 0.3 is 5.97 Å². The third kappa shape index (κ3) is 3.47. The molecule has 1 rings (SSSR count). The Hall–Kier alpha value is -1.18. The molecule has 0 aromatic heterocycles. The molecule has 112 valence electrons. The first-order valence-corrected chi connectivity index (χ1v) is 7.71. The second-order valence-corrected chi connectivity index (χ2v) is 6.47. The Kier molecular flexibility index (Phi) is 5.50. The van der Waals surface area contributed by atoms with Crippen LogP contribution in [-0.4, -0.2) is 36.4 Å². The number of carbonyl (C=O) groups is 1. The summed E-state index contributed by atoms with van der Waals surface area (Å²) in [5.74, 6) is -2.16. The Morgan fingerprint density at radius 3 is 2.60 bits per heavy atom. The molecule has 0 aliphatic heterocycles. The quantitative estimate of drug-likeness (QED) is 0.872. The first-order valence-electron chi connectivity index (χ1n) is 5.89. The summed E-state index contributed by atoms with van der Waals surface area (Å²) in [4.78, 5) is 10.1. The highest BCUT2D eigenvalue weighted by atomic mass is 35.5. The first-order chi connectivity index (χ1) is 9.21. The fourth-order valence-corrected chi connectivity index (χ4v) is 3.84. The third-order valence-electron chi connectivity index (χ3n) is 2.78. The number of carboxylic acid groups (broad SMARTS) is 1. The molecule has 5 nitrogen and oxygen atoms in total. The highest BCUT2D eigenvalue weighted by Crippen LogP contribution is 2.26. The van der Waals surface area contributed by atoms with Crippen LogP contribution in [0.2, 0.25) is 5.02 Å². The van der Waals surface area contributed by atoms with Crippen molar-refractivity contribution < 1.29 is 22.7 Å². The molecule has 1 N–H and O–H groups in total. The van der Waals surface area contributed by atoms with Crippen LogP contribution in [0.25, 0.3) is 0 Å². The fourth-order valence-electron chi connectivity index (χ4n) is 1.88. The molecule has 0 bridgehead atoms. The van der Waals surface area contributed by atoms with Gasteiger partial charge in [0.1, 0.15) is 4.90 Å². The van der Waals surface area contributed by atoms with Gasteiger partial charge in [0, 0.05) is 12.6 Å². The Morgan fingerprint density at radius 1 is 1.50 bits per heavy atom. The summed E-state index contributed by atoms with van der Waals surface area (Å²) in [5, 5.41) is 8.45. The largest absolute Gasteiger partial charge is 0.481 e. The average Bonchev–Trinajstić information content (AvgIpc) is 2.31. The van der Waals surface area contributed by atoms with Gasteiger partial charge in [-0.15, -0.1) is 0 Å². The van der Waals surface area contributed by atoms with Gasteiger partial charge in [0.2, 0.25) is 10.0 Å². The summed E-state index contributed by atoms with van der Waals surface area (Å²) in [6.45, 7) is 3.04. The lowest BCUT2D eigenvalue weighted by molar-refractivity contribution is -0.137. The molecule has 8 heteroatoms. The van der Waals surface area contributed by atoms with Crippen LogP contribution in [0.3, 0.4) is 0 Å². The van der Waals surface area contributed by atoms with Crippen molar-refractivity contribution in [2.45, 2.75) is 31.2 Å². The van der Waals surface area contributed by atoms with Crippen molar-refractivity contribution in [3.63, 3.8) is 0 Å². The Bertz CT molecular complexity index is 605. The minimum atomic E-state index is -4.14. The third-order valence-corrected chi connectivity index (χ3v) is 5.17. The van der Waals surface area contributed by atoms with Crippen LogP contribution in [0.15, 0.2) is 23.1 Å². The van der Waals surface area contributed by atoms with Gasteiger partial charge in [-0.3, -0.25) is 4.79 Å². The average molecular weight is 324 g/mol. The van der Waals surface area contributed by atoms with E-state index in [1.54, 1.807) is 6.92 Å². The molecule has 1 atom stereocenters. The second kappa shape index (κ2) is 6.51. The maximum absolute atomic E-state index is 13.9. The van der Waals surface area contributed by atoms with E-state index in [1.807, 2.05) is 0 Å². The minimum absolute atomic E-state index is 0.0305. The first kappa shape index (κ1) is 16.9. The number of hydrogen-bond donors (Lipinski definition) is 1. The highest BCUT2D eigenvalue weighted by Gasteiger charge is 2.31. The van der Waals surface area contributed by atoms with Crippen molar-refractivity contribution in [3.05, 3.63) is 29.0 Å². The van der Waals surface area contributed by atoms with Crippen LogP contribution >= 0.6 is 11.6 Å². The molecule has 1 unspecified atom stereocenters. The zero-order valence-corrected chi connectivity index (χ0v) is 12.6. The zero-order chi connectivity index (χ0) is 15.5. The maximum atomic E-state index is 13.9. The molecule has 0 fully saturated rings. The Morgan fingerprint density at radius 2 is 2.10 bits per heavy atom. The maximum Gasteiger partial charge on any atom is 0.304 e. The molecular formula is C12H15ClFNO4S. The van der Waals surface area contributed by atoms with E-state index in [0.29, 0.717) is 0 Å². The van der Waals surface area contributed by atoms with Crippen LogP contribution in [0.5, 0.6) is 0 Å². The molecule has 20 heavy (non-hydrogen) atoms. The van der Waals surface area contributed by atoms with Gasteiger partial charge in [0.15, 0.2) is 5.82 Å². The van der Waals surface area contributed by atoms with Gasteiger partial charge in [-0.25, -0.2) is 12.8 Å². The molecule has 1 aromatic carbocycles. The van der Waals surface area contributed by atoms with Gasteiger partial charge in [0.25, 0.3) is 0 Å². The van der Waals surface area contributed by atoms with Crippen LogP contribution in [0.4, 0.5) is 4.39 Å². The monoisotopic (exact) mass is 323 g/mol. The number of hydrogen-bond acceptors (Lipinski definition) is 3. The Balaban J connectivity index is 3.25. The van der Waals surface area contributed by atoms with Gasteiger partial charge in [0.05, 0.1) is 11.4 Å². The smallest absolute Gasteiger partial charge is 0.304 e.